The molecule has 2 aromatic carbocycles. The first-order valence-corrected chi connectivity index (χ1v) is 6.82. The molecule has 0 fully saturated rings. The number of rotatable bonds is 3. The Labute approximate surface area is 121 Å². The SMILES string of the molecule is C[C@H](N)c1ccc(N(C)c2ccc(F)cc2)c(Br)c1. The van der Waals surface area contributed by atoms with Crippen LogP contribution >= 0.6 is 15.9 Å². The van der Waals surface area contributed by atoms with E-state index >= 15 is 0 Å². The van der Waals surface area contributed by atoms with Crippen LogP contribution in [0.15, 0.2) is 46.9 Å². The van der Waals surface area contributed by atoms with Crippen LogP contribution in [0.1, 0.15) is 18.5 Å². The van der Waals surface area contributed by atoms with Crippen molar-refractivity contribution in [1.29, 1.82) is 0 Å². The van der Waals surface area contributed by atoms with Crippen molar-refractivity contribution in [2.75, 3.05) is 11.9 Å². The largest absolute Gasteiger partial charge is 0.344 e. The number of benzene rings is 2. The van der Waals surface area contributed by atoms with Crippen molar-refractivity contribution in [2.45, 2.75) is 13.0 Å². The molecule has 0 saturated carbocycles. The van der Waals surface area contributed by atoms with Crippen LogP contribution in [-0.2, 0) is 0 Å². The fraction of sp³-hybridized carbons (Fsp3) is 0.200. The second kappa shape index (κ2) is 5.72. The molecule has 0 aliphatic carbocycles. The molecule has 2 N–H and O–H groups in total. The second-order valence-corrected chi connectivity index (χ2v) is 5.39. The average molecular weight is 323 g/mol. The van der Waals surface area contributed by atoms with Gasteiger partial charge in [-0.15, -0.1) is 0 Å². The molecule has 0 bridgehead atoms. The van der Waals surface area contributed by atoms with Gasteiger partial charge in [-0.1, -0.05) is 6.07 Å². The average Bonchev–Trinajstić information content (AvgIpc) is 2.38. The van der Waals surface area contributed by atoms with E-state index in [1.165, 1.54) is 12.1 Å². The van der Waals surface area contributed by atoms with Crippen LogP contribution in [0.25, 0.3) is 0 Å². The monoisotopic (exact) mass is 322 g/mol. The van der Waals surface area contributed by atoms with Crippen LogP contribution in [0.2, 0.25) is 0 Å². The van der Waals surface area contributed by atoms with Crippen molar-refractivity contribution in [1.82, 2.24) is 0 Å². The van der Waals surface area contributed by atoms with E-state index in [1.54, 1.807) is 12.1 Å². The molecular formula is C15H16BrFN2. The van der Waals surface area contributed by atoms with Gasteiger partial charge in [-0.05, 0) is 64.8 Å². The molecule has 4 heteroatoms. The van der Waals surface area contributed by atoms with Crippen molar-refractivity contribution in [2.24, 2.45) is 5.73 Å². The molecule has 100 valence electrons. The smallest absolute Gasteiger partial charge is 0.123 e. The van der Waals surface area contributed by atoms with Gasteiger partial charge in [-0.2, -0.15) is 0 Å². The van der Waals surface area contributed by atoms with Gasteiger partial charge in [0.1, 0.15) is 5.82 Å². The summed E-state index contributed by atoms with van der Waals surface area (Å²) < 4.78 is 13.9. The first-order chi connectivity index (χ1) is 8.99. The predicted octanol–water partition coefficient (Wildman–Crippen LogP) is 4.38. The van der Waals surface area contributed by atoms with E-state index in [0.717, 1.165) is 21.4 Å². The molecule has 0 radical (unpaired) electrons. The number of halogens is 2. The fourth-order valence-electron chi connectivity index (χ4n) is 1.88. The molecule has 0 amide bonds. The van der Waals surface area contributed by atoms with Gasteiger partial charge in [-0.25, -0.2) is 4.39 Å². The number of hydrogen-bond acceptors (Lipinski definition) is 2. The van der Waals surface area contributed by atoms with E-state index in [2.05, 4.69) is 15.9 Å². The van der Waals surface area contributed by atoms with Crippen molar-refractivity contribution >= 4 is 27.3 Å². The summed E-state index contributed by atoms with van der Waals surface area (Å²) in [6.45, 7) is 1.95. The van der Waals surface area contributed by atoms with E-state index in [-0.39, 0.29) is 11.9 Å². The molecular weight excluding hydrogens is 307 g/mol. The molecule has 2 nitrogen and oxygen atoms in total. The van der Waals surface area contributed by atoms with Crippen LogP contribution in [0.5, 0.6) is 0 Å². The summed E-state index contributed by atoms with van der Waals surface area (Å²) in [6, 6.07) is 12.4. The topological polar surface area (TPSA) is 29.3 Å². The summed E-state index contributed by atoms with van der Waals surface area (Å²) >= 11 is 3.56. The Bertz CT molecular complexity index is 567. The Morgan fingerprint density at radius 1 is 1.16 bits per heavy atom. The predicted molar refractivity (Wildman–Crippen MR) is 81.2 cm³/mol. The number of anilines is 2. The summed E-state index contributed by atoms with van der Waals surface area (Å²) in [7, 11) is 1.94. The van der Waals surface area contributed by atoms with Gasteiger partial charge in [0.05, 0.1) is 5.69 Å². The minimum atomic E-state index is -0.233. The van der Waals surface area contributed by atoms with Crippen molar-refractivity contribution in [3.8, 4) is 0 Å². The zero-order chi connectivity index (χ0) is 14.0. The van der Waals surface area contributed by atoms with Crippen molar-refractivity contribution in [3.05, 3.63) is 58.3 Å². The first kappa shape index (κ1) is 14.0. The van der Waals surface area contributed by atoms with Gasteiger partial charge < -0.3 is 10.6 Å². The van der Waals surface area contributed by atoms with Gasteiger partial charge in [0, 0.05) is 23.2 Å². The van der Waals surface area contributed by atoms with E-state index in [9.17, 15) is 4.39 Å². The van der Waals surface area contributed by atoms with Crippen LogP contribution < -0.4 is 10.6 Å². The number of hydrogen-bond donors (Lipinski definition) is 1. The van der Waals surface area contributed by atoms with Gasteiger partial charge in [-0.3, -0.25) is 0 Å². The maximum Gasteiger partial charge on any atom is 0.123 e. The minimum absolute atomic E-state index is 0.00137. The van der Waals surface area contributed by atoms with Crippen LogP contribution in [0.4, 0.5) is 15.8 Å². The Morgan fingerprint density at radius 2 is 1.79 bits per heavy atom. The van der Waals surface area contributed by atoms with Crippen molar-refractivity contribution in [3.63, 3.8) is 0 Å². The highest BCUT2D eigenvalue weighted by Crippen LogP contribution is 2.32. The Hall–Kier alpha value is -1.39. The third-order valence-corrected chi connectivity index (χ3v) is 3.71. The molecule has 0 saturated heterocycles. The van der Waals surface area contributed by atoms with Crippen LogP contribution in [0, 0.1) is 5.82 Å². The Kier molecular flexibility index (Phi) is 4.22. The lowest BCUT2D eigenvalue weighted by molar-refractivity contribution is 0.628. The molecule has 2 rings (SSSR count). The van der Waals surface area contributed by atoms with E-state index < -0.39 is 0 Å². The molecule has 19 heavy (non-hydrogen) atoms. The third-order valence-electron chi connectivity index (χ3n) is 3.07. The molecule has 0 heterocycles. The Balaban J connectivity index is 2.33. The summed E-state index contributed by atoms with van der Waals surface area (Å²) in [6.07, 6.45) is 0. The normalized spacial score (nSPS) is 12.3. The maximum atomic E-state index is 12.9. The van der Waals surface area contributed by atoms with Gasteiger partial charge in [0.25, 0.3) is 0 Å². The minimum Gasteiger partial charge on any atom is -0.344 e. The molecule has 0 unspecified atom stereocenters. The Morgan fingerprint density at radius 3 is 2.32 bits per heavy atom. The quantitative estimate of drug-likeness (QED) is 0.908. The molecule has 0 aliphatic heterocycles. The molecule has 0 aliphatic rings. The van der Waals surface area contributed by atoms with Gasteiger partial charge in [0.2, 0.25) is 0 Å². The summed E-state index contributed by atoms with van der Waals surface area (Å²) in [4.78, 5) is 1.99. The maximum absolute atomic E-state index is 12.9. The summed E-state index contributed by atoms with van der Waals surface area (Å²) in [5.74, 6) is -0.233. The van der Waals surface area contributed by atoms with E-state index in [0.29, 0.717) is 0 Å². The van der Waals surface area contributed by atoms with Crippen LogP contribution in [-0.4, -0.2) is 7.05 Å². The molecule has 2 aromatic rings. The standard InChI is InChI=1S/C15H16BrFN2/c1-10(18)11-3-8-15(14(16)9-11)19(2)13-6-4-12(17)5-7-13/h3-10H,18H2,1-2H3/t10-/m0/s1. The summed E-state index contributed by atoms with van der Waals surface area (Å²) in [5, 5.41) is 0. The van der Waals surface area contributed by atoms with Crippen LogP contribution in [0.3, 0.4) is 0 Å². The molecule has 0 aromatic heterocycles. The van der Waals surface area contributed by atoms with Gasteiger partial charge >= 0.3 is 0 Å². The fourth-order valence-corrected chi connectivity index (χ4v) is 2.54. The number of nitrogens with zero attached hydrogens (tertiary/aromatic N) is 1. The van der Waals surface area contributed by atoms with E-state index in [1.807, 2.05) is 37.1 Å². The molecule has 0 spiro atoms. The lowest BCUT2D eigenvalue weighted by Crippen LogP contribution is -2.11. The third kappa shape index (κ3) is 3.14. The zero-order valence-electron chi connectivity index (χ0n) is 10.9. The second-order valence-electron chi connectivity index (χ2n) is 4.53. The number of nitrogens with two attached hydrogens (primary N) is 1. The highest BCUT2D eigenvalue weighted by molar-refractivity contribution is 9.10. The molecule has 1 atom stereocenters. The highest BCUT2D eigenvalue weighted by atomic mass is 79.9. The van der Waals surface area contributed by atoms with Gasteiger partial charge in [0.15, 0.2) is 0 Å². The van der Waals surface area contributed by atoms with E-state index in [4.69, 9.17) is 5.73 Å². The lowest BCUT2D eigenvalue weighted by atomic mass is 10.1. The zero-order valence-corrected chi connectivity index (χ0v) is 12.5. The lowest BCUT2D eigenvalue weighted by Gasteiger charge is -2.22. The first-order valence-electron chi connectivity index (χ1n) is 6.03. The van der Waals surface area contributed by atoms with Crippen molar-refractivity contribution < 1.29 is 4.39 Å². The highest BCUT2D eigenvalue weighted by Gasteiger charge is 2.10. The summed E-state index contributed by atoms with van der Waals surface area (Å²) in [5.41, 5.74) is 8.87.